The van der Waals surface area contributed by atoms with Gasteiger partial charge in [0.15, 0.2) is 0 Å². The number of hydrogen-bond donors (Lipinski definition) is 0. The minimum Gasteiger partial charge on any atom is -0.476 e. The number of rotatable bonds is 3. The lowest BCUT2D eigenvalue weighted by molar-refractivity contribution is 0.165. The Bertz CT molecular complexity index is 517. The second kappa shape index (κ2) is 4.33. The molecule has 0 saturated carbocycles. The molecule has 0 amide bonds. The molecular weight excluding hydrogens is 218 g/mol. The van der Waals surface area contributed by atoms with Crippen molar-refractivity contribution in [3.8, 4) is 5.88 Å². The second-order valence-corrected chi connectivity index (χ2v) is 4.37. The van der Waals surface area contributed by atoms with Crippen LogP contribution >= 0.6 is 0 Å². The van der Waals surface area contributed by atoms with Gasteiger partial charge in [0.05, 0.1) is 24.4 Å². The summed E-state index contributed by atoms with van der Waals surface area (Å²) in [6.07, 6.45) is 4.64. The van der Waals surface area contributed by atoms with Gasteiger partial charge in [0, 0.05) is 31.0 Å². The van der Waals surface area contributed by atoms with Gasteiger partial charge in [-0.1, -0.05) is 0 Å². The highest BCUT2D eigenvalue weighted by molar-refractivity contribution is 5.52. The van der Waals surface area contributed by atoms with Crippen LogP contribution in [0.25, 0.3) is 5.52 Å². The van der Waals surface area contributed by atoms with Crippen molar-refractivity contribution >= 4 is 5.52 Å². The minimum atomic E-state index is 0.499. The molecule has 1 aliphatic heterocycles. The van der Waals surface area contributed by atoms with Crippen LogP contribution in [0.15, 0.2) is 18.5 Å². The normalized spacial score (nSPS) is 19.9. The summed E-state index contributed by atoms with van der Waals surface area (Å²) >= 11 is 0. The summed E-state index contributed by atoms with van der Waals surface area (Å²) in [5.74, 6) is 1.16. The van der Waals surface area contributed by atoms with Crippen molar-refractivity contribution in [3.63, 3.8) is 0 Å². The van der Waals surface area contributed by atoms with E-state index in [4.69, 9.17) is 9.47 Å². The van der Waals surface area contributed by atoms with E-state index in [0.29, 0.717) is 18.4 Å². The molecule has 1 aliphatic rings. The van der Waals surface area contributed by atoms with E-state index in [1.165, 1.54) is 0 Å². The molecular formula is C12H15N3O2. The van der Waals surface area contributed by atoms with Crippen LogP contribution < -0.4 is 4.74 Å². The molecule has 0 aromatic carbocycles. The van der Waals surface area contributed by atoms with Gasteiger partial charge in [-0.15, -0.1) is 5.10 Å². The highest BCUT2D eigenvalue weighted by atomic mass is 16.5. The topological polar surface area (TPSA) is 48.7 Å². The van der Waals surface area contributed by atoms with Gasteiger partial charge >= 0.3 is 0 Å². The van der Waals surface area contributed by atoms with Crippen molar-refractivity contribution in [1.29, 1.82) is 0 Å². The maximum atomic E-state index is 5.69. The zero-order valence-electron chi connectivity index (χ0n) is 9.80. The fourth-order valence-electron chi connectivity index (χ4n) is 2.02. The number of aryl methyl sites for hydroxylation is 1. The molecule has 1 saturated heterocycles. The zero-order chi connectivity index (χ0) is 11.7. The third-order valence-corrected chi connectivity index (χ3v) is 3.05. The molecule has 90 valence electrons. The fourth-order valence-corrected chi connectivity index (χ4v) is 2.02. The molecule has 0 aliphatic carbocycles. The minimum absolute atomic E-state index is 0.499. The lowest BCUT2D eigenvalue weighted by atomic mass is 10.1. The summed E-state index contributed by atoms with van der Waals surface area (Å²) in [7, 11) is 0. The van der Waals surface area contributed by atoms with Crippen molar-refractivity contribution in [1.82, 2.24) is 14.6 Å². The second-order valence-electron chi connectivity index (χ2n) is 4.37. The SMILES string of the molecule is Cc1nccn2nc(OCC3CCOC3)cc12. The first-order valence-corrected chi connectivity index (χ1v) is 5.84. The maximum absolute atomic E-state index is 5.69. The number of aromatic nitrogens is 3. The highest BCUT2D eigenvalue weighted by Gasteiger charge is 2.17. The van der Waals surface area contributed by atoms with Crippen LogP contribution in [0.4, 0.5) is 0 Å². The van der Waals surface area contributed by atoms with Crippen LogP contribution in [0.2, 0.25) is 0 Å². The van der Waals surface area contributed by atoms with Crippen LogP contribution in [0.1, 0.15) is 12.1 Å². The van der Waals surface area contributed by atoms with E-state index < -0.39 is 0 Å². The van der Waals surface area contributed by atoms with Gasteiger partial charge in [0.1, 0.15) is 0 Å². The van der Waals surface area contributed by atoms with E-state index >= 15 is 0 Å². The predicted molar refractivity (Wildman–Crippen MR) is 62.1 cm³/mol. The Morgan fingerprint density at radius 3 is 3.29 bits per heavy atom. The van der Waals surface area contributed by atoms with Crippen molar-refractivity contribution in [2.75, 3.05) is 19.8 Å². The Morgan fingerprint density at radius 2 is 2.53 bits per heavy atom. The van der Waals surface area contributed by atoms with E-state index in [2.05, 4.69) is 10.1 Å². The van der Waals surface area contributed by atoms with Gasteiger partial charge in [0.25, 0.3) is 0 Å². The first-order valence-electron chi connectivity index (χ1n) is 5.84. The molecule has 5 heteroatoms. The first kappa shape index (κ1) is 10.5. The molecule has 1 fully saturated rings. The van der Waals surface area contributed by atoms with Crippen LogP contribution in [-0.4, -0.2) is 34.4 Å². The summed E-state index contributed by atoms with van der Waals surface area (Å²) in [5.41, 5.74) is 1.95. The van der Waals surface area contributed by atoms with Gasteiger partial charge in [-0.05, 0) is 13.3 Å². The number of ether oxygens (including phenoxy) is 2. The van der Waals surface area contributed by atoms with Crippen molar-refractivity contribution in [3.05, 3.63) is 24.2 Å². The van der Waals surface area contributed by atoms with Crippen molar-refractivity contribution < 1.29 is 9.47 Å². The molecule has 3 rings (SSSR count). The monoisotopic (exact) mass is 233 g/mol. The summed E-state index contributed by atoms with van der Waals surface area (Å²) in [5, 5.41) is 4.35. The average molecular weight is 233 g/mol. The van der Waals surface area contributed by atoms with E-state index in [9.17, 15) is 0 Å². The Labute approximate surface area is 99.4 Å². The van der Waals surface area contributed by atoms with Gasteiger partial charge in [-0.3, -0.25) is 4.98 Å². The third kappa shape index (κ3) is 2.10. The third-order valence-electron chi connectivity index (χ3n) is 3.05. The largest absolute Gasteiger partial charge is 0.476 e. The Balaban J connectivity index is 1.74. The van der Waals surface area contributed by atoms with Crippen LogP contribution in [0, 0.1) is 12.8 Å². The van der Waals surface area contributed by atoms with Gasteiger partial charge in [0.2, 0.25) is 5.88 Å². The molecule has 0 N–H and O–H groups in total. The molecule has 2 aromatic rings. The standard InChI is InChI=1S/C12H15N3O2/c1-9-11-6-12(14-15(11)4-3-13-9)17-8-10-2-5-16-7-10/h3-4,6,10H,2,5,7-8H2,1H3. The zero-order valence-corrected chi connectivity index (χ0v) is 9.80. The molecule has 17 heavy (non-hydrogen) atoms. The van der Waals surface area contributed by atoms with Gasteiger partial charge in [-0.25, -0.2) is 4.52 Å². The maximum Gasteiger partial charge on any atom is 0.233 e. The molecule has 0 radical (unpaired) electrons. The van der Waals surface area contributed by atoms with E-state index in [0.717, 1.165) is 30.8 Å². The van der Waals surface area contributed by atoms with Gasteiger partial charge < -0.3 is 9.47 Å². The molecule has 2 aromatic heterocycles. The van der Waals surface area contributed by atoms with E-state index in [-0.39, 0.29) is 0 Å². The summed E-state index contributed by atoms with van der Waals surface area (Å²) in [6.45, 7) is 4.29. The Morgan fingerprint density at radius 1 is 1.59 bits per heavy atom. The van der Waals surface area contributed by atoms with E-state index in [1.807, 2.05) is 19.2 Å². The van der Waals surface area contributed by atoms with Crippen LogP contribution in [-0.2, 0) is 4.74 Å². The average Bonchev–Trinajstić information content (AvgIpc) is 2.95. The van der Waals surface area contributed by atoms with Crippen molar-refractivity contribution in [2.24, 2.45) is 5.92 Å². The molecule has 1 atom stereocenters. The van der Waals surface area contributed by atoms with E-state index in [1.54, 1.807) is 10.7 Å². The first-order chi connectivity index (χ1) is 8.33. The lowest BCUT2D eigenvalue weighted by Crippen LogP contribution is -2.11. The number of hydrogen-bond acceptors (Lipinski definition) is 4. The molecule has 5 nitrogen and oxygen atoms in total. The lowest BCUT2D eigenvalue weighted by Gasteiger charge is -2.06. The Kier molecular flexibility index (Phi) is 2.68. The van der Waals surface area contributed by atoms with Gasteiger partial charge in [-0.2, -0.15) is 0 Å². The predicted octanol–water partition coefficient (Wildman–Crippen LogP) is 1.45. The Hall–Kier alpha value is -1.62. The molecule has 0 bridgehead atoms. The number of nitrogens with zero attached hydrogens (tertiary/aromatic N) is 3. The highest BCUT2D eigenvalue weighted by Crippen LogP contribution is 2.18. The van der Waals surface area contributed by atoms with Crippen LogP contribution in [0.3, 0.4) is 0 Å². The summed E-state index contributed by atoms with van der Waals surface area (Å²) in [6, 6.07) is 1.93. The fraction of sp³-hybridized carbons (Fsp3) is 0.500. The number of fused-ring (bicyclic) bond motifs is 1. The smallest absolute Gasteiger partial charge is 0.233 e. The summed E-state index contributed by atoms with van der Waals surface area (Å²) in [4.78, 5) is 4.22. The summed E-state index contributed by atoms with van der Waals surface area (Å²) < 4.78 is 12.8. The molecule has 3 heterocycles. The molecule has 0 spiro atoms. The van der Waals surface area contributed by atoms with Crippen LogP contribution in [0.5, 0.6) is 5.88 Å². The van der Waals surface area contributed by atoms with Crippen molar-refractivity contribution in [2.45, 2.75) is 13.3 Å². The molecule has 1 unspecified atom stereocenters. The quantitative estimate of drug-likeness (QED) is 0.805.